The van der Waals surface area contributed by atoms with Crippen molar-refractivity contribution in [2.75, 3.05) is 32.8 Å². The first kappa shape index (κ1) is 20.5. The van der Waals surface area contributed by atoms with Gasteiger partial charge in [-0.25, -0.2) is 0 Å². The zero-order valence-corrected chi connectivity index (χ0v) is 14.1. The second-order valence-electron chi connectivity index (χ2n) is 5.40. The average molecular weight is 373 g/mol. The lowest BCUT2D eigenvalue weighted by molar-refractivity contribution is -0.137. The van der Waals surface area contributed by atoms with Gasteiger partial charge in [-0.05, 0) is 30.5 Å². The Balaban J connectivity index is 0.00000264. The second-order valence-corrected chi connectivity index (χ2v) is 5.81. The normalized spacial score (nSPS) is 17.6. The Bertz CT molecular complexity index is 494. The van der Waals surface area contributed by atoms with Crippen LogP contribution in [0, 0.1) is 0 Å². The number of alkyl halides is 3. The molecule has 0 aromatic heterocycles. The van der Waals surface area contributed by atoms with Gasteiger partial charge in [0.05, 0.1) is 10.6 Å². The van der Waals surface area contributed by atoms with Gasteiger partial charge in [0.15, 0.2) is 0 Å². The number of nitrogens with zero attached hydrogens (tertiary/aromatic N) is 1. The van der Waals surface area contributed by atoms with Crippen LogP contribution < -0.4 is 5.32 Å². The maximum atomic E-state index is 13.0. The summed E-state index contributed by atoms with van der Waals surface area (Å²) < 4.78 is 39.1. The van der Waals surface area contributed by atoms with Crippen LogP contribution >= 0.6 is 24.0 Å². The van der Waals surface area contributed by atoms with E-state index in [-0.39, 0.29) is 30.1 Å². The van der Waals surface area contributed by atoms with E-state index in [1.54, 1.807) is 6.07 Å². The van der Waals surface area contributed by atoms with Gasteiger partial charge in [-0.2, -0.15) is 13.2 Å². The zero-order chi connectivity index (χ0) is 16.2. The van der Waals surface area contributed by atoms with Crippen LogP contribution in [0.5, 0.6) is 0 Å². The maximum absolute atomic E-state index is 13.0. The minimum atomic E-state index is -4.46. The Morgan fingerprint density at radius 3 is 2.48 bits per heavy atom. The Kier molecular flexibility index (Phi) is 8.10. The van der Waals surface area contributed by atoms with Crippen LogP contribution in [0.1, 0.15) is 30.0 Å². The first-order valence-corrected chi connectivity index (χ1v) is 7.73. The molecule has 0 saturated carbocycles. The smallest absolute Gasteiger partial charge is 0.396 e. The third kappa shape index (κ3) is 5.50. The van der Waals surface area contributed by atoms with Crippen molar-refractivity contribution in [1.82, 2.24) is 10.2 Å². The molecule has 1 aromatic rings. The summed E-state index contributed by atoms with van der Waals surface area (Å²) in [7, 11) is 0. The lowest BCUT2D eigenvalue weighted by Crippen LogP contribution is -2.45. The van der Waals surface area contributed by atoms with E-state index in [4.69, 9.17) is 16.7 Å². The van der Waals surface area contributed by atoms with Crippen LogP contribution in [0.25, 0.3) is 0 Å². The number of benzene rings is 1. The van der Waals surface area contributed by atoms with Crippen LogP contribution in [0.3, 0.4) is 0 Å². The molecular weight excluding hydrogens is 352 g/mol. The van der Waals surface area contributed by atoms with Gasteiger partial charge >= 0.3 is 6.18 Å². The van der Waals surface area contributed by atoms with E-state index >= 15 is 0 Å². The molecule has 3 nitrogen and oxygen atoms in total. The van der Waals surface area contributed by atoms with E-state index in [2.05, 4.69) is 10.2 Å². The zero-order valence-electron chi connectivity index (χ0n) is 12.6. The van der Waals surface area contributed by atoms with Crippen molar-refractivity contribution >= 4 is 24.0 Å². The summed E-state index contributed by atoms with van der Waals surface area (Å²) in [4.78, 5) is 2.16. The van der Waals surface area contributed by atoms with Crippen LogP contribution in [-0.4, -0.2) is 42.8 Å². The van der Waals surface area contributed by atoms with Crippen molar-refractivity contribution in [3.63, 3.8) is 0 Å². The van der Waals surface area contributed by atoms with E-state index < -0.39 is 11.7 Å². The van der Waals surface area contributed by atoms with E-state index in [1.807, 2.05) is 0 Å². The molecule has 0 bridgehead atoms. The van der Waals surface area contributed by atoms with E-state index in [1.165, 1.54) is 6.07 Å². The number of rotatable bonds is 5. The van der Waals surface area contributed by atoms with Crippen molar-refractivity contribution in [3.8, 4) is 0 Å². The molecule has 132 valence electrons. The highest BCUT2D eigenvalue weighted by atomic mass is 35.5. The van der Waals surface area contributed by atoms with Gasteiger partial charge in [-0.3, -0.25) is 4.90 Å². The SMILES string of the molecule is Cl.OCCC[C@@H](c1ccc(Cl)c(C(F)(F)F)c1)N1CCNCC1. The fourth-order valence-corrected chi connectivity index (χ4v) is 3.03. The molecule has 2 N–H and O–H groups in total. The van der Waals surface area contributed by atoms with E-state index in [0.29, 0.717) is 18.4 Å². The average Bonchev–Trinajstić information content (AvgIpc) is 2.49. The molecule has 1 atom stereocenters. The van der Waals surface area contributed by atoms with E-state index in [9.17, 15) is 13.2 Å². The third-order valence-electron chi connectivity index (χ3n) is 3.91. The number of hydrogen-bond donors (Lipinski definition) is 2. The number of nitrogens with one attached hydrogen (secondary N) is 1. The molecular formula is C15H21Cl2F3N2O. The third-order valence-corrected chi connectivity index (χ3v) is 4.24. The van der Waals surface area contributed by atoms with Crippen molar-refractivity contribution in [2.24, 2.45) is 0 Å². The molecule has 23 heavy (non-hydrogen) atoms. The molecule has 8 heteroatoms. The van der Waals surface area contributed by atoms with Gasteiger partial charge < -0.3 is 10.4 Å². The Labute approximate surface area is 145 Å². The molecule has 0 aliphatic carbocycles. The Morgan fingerprint density at radius 2 is 1.91 bits per heavy atom. The lowest BCUT2D eigenvalue weighted by Gasteiger charge is -2.35. The monoisotopic (exact) mass is 372 g/mol. The molecule has 1 heterocycles. The Hall–Kier alpha value is -0.530. The maximum Gasteiger partial charge on any atom is 0.417 e. The fourth-order valence-electron chi connectivity index (χ4n) is 2.81. The standard InChI is InChI=1S/C15H20ClF3N2O.ClH/c16-13-4-3-11(10-12(13)15(17,18)19)14(2-1-9-22)21-7-5-20-6-8-21;/h3-4,10,14,20,22H,1-2,5-9H2;1H/t14-;/m0./s1. The summed E-state index contributed by atoms with van der Waals surface area (Å²) in [6.45, 7) is 3.22. The summed E-state index contributed by atoms with van der Waals surface area (Å²) in [5, 5.41) is 12.0. The topological polar surface area (TPSA) is 35.5 Å². The lowest BCUT2D eigenvalue weighted by atomic mass is 9.97. The summed E-state index contributed by atoms with van der Waals surface area (Å²) >= 11 is 5.69. The predicted molar refractivity (Wildman–Crippen MR) is 87.2 cm³/mol. The van der Waals surface area contributed by atoms with Crippen molar-refractivity contribution in [1.29, 1.82) is 0 Å². The number of aliphatic hydroxyl groups is 1. The number of piperazine rings is 1. The van der Waals surface area contributed by atoms with Crippen molar-refractivity contribution in [3.05, 3.63) is 34.3 Å². The number of halogens is 5. The van der Waals surface area contributed by atoms with Crippen LogP contribution in [-0.2, 0) is 6.18 Å². The highest BCUT2D eigenvalue weighted by molar-refractivity contribution is 6.31. The number of hydrogen-bond acceptors (Lipinski definition) is 3. The van der Waals surface area contributed by atoms with Gasteiger partial charge in [-0.15, -0.1) is 12.4 Å². The molecule has 1 aliphatic rings. The van der Waals surface area contributed by atoms with Crippen LogP contribution in [0.4, 0.5) is 13.2 Å². The predicted octanol–water partition coefficient (Wildman–Crippen LogP) is 3.50. The first-order chi connectivity index (χ1) is 10.4. The Morgan fingerprint density at radius 1 is 1.26 bits per heavy atom. The van der Waals surface area contributed by atoms with E-state index in [0.717, 1.165) is 32.2 Å². The summed E-state index contributed by atoms with van der Waals surface area (Å²) in [5.74, 6) is 0. The fraction of sp³-hybridized carbons (Fsp3) is 0.600. The molecule has 2 rings (SSSR count). The molecule has 0 amide bonds. The number of aliphatic hydroxyl groups excluding tert-OH is 1. The van der Waals surface area contributed by atoms with Gasteiger partial charge in [-0.1, -0.05) is 17.7 Å². The highest BCUT2D eigenvalue weighted by Gasteiger charge is 2.34. The van der Waals surface area contributed by atoms with Gasteiger partial charge in [0.25, 0.3) is 0 Å². The molecule has 0 radical (unpaired) electrons. The highest BCUT2D eigenvalue weighted by Crippen LogP contribution is 2.37. The quantitative estimate of drug-likeness (QED) is 0.830. The van der Waals surface area contributed by atoms with Crippen molar-refractivity contribution in [2.45, 2.75) is 25.1 Å². The minimum Gasteiger partial charge on any atom is -0.396 e. The minimum absolute atomic E-state index is 0. The van der Waals surface area contributed by atoms with Gasteiger partial charge in [0.1, 0.15) is 0 Å². The molecule has 1 saturated heterocycles. The molecule has 0 unspecified atom stereocenters. The largest absolute Gasteiger partial charge is 0.417 e. The van der Waals surface area contributed by atoms with Gasteiger partial charge in [0, 0.05) is 38.8 Å². The van der Waals surface area contributed by atoms with Crippen LogP contribution in [0.2, 0.25) is 5.02 Å². The summed E-state index contributed by atoms with van der Waals surface area (Å²) in [5.41, 5.74) is -0.192. The molecule has 1 fully saturated rings. The first-order valence-electron chi connectivity index (χ1n) is 7.35. The van der Waals surface area contributed by atoms with Crippen LogP contribution in [0.15, 0.2) is 18.2 Å². The molecule has 0 spiro atoms. The van der Waals surface area contributed by atoms with Gasteiger partial charge in [0.2, 0.25) is 0 Å². The summed E-state index contributed by atoms with van der Waals surface area (Å²) in [6, 6.07) is 3.98. The molecule has 1 aliphatic heterocycles. The summed E-state index contributed by atoms with van der Waals surface area (Å²) in [6.07, 6.45) is -3.29. The molecule has 1 aromatic carbocycles. The second kappa shape index (κ2) is 9.08. The van der Waals surface area contributed by atoms with Crippen molar-refractivity contribution < 1.29 is 18.3 Å².